The lowest BCUT2D eigenvalue weighted by Gasteiger charge is -2.21. The van der Waals surface area contributed by atoms with Gasteiger partial charge < -0.3 is 0 Å². The van der Waals surface area contributed by atoms with Crippen molar-refractivity contribution in [3.8, 4) is 0 Å². The second-order valence-corrected chi connectivity index (χ2v) is 5.93. The molecule has 1 heterocycles. The fraction of sp³-hybridized carbons (Fsp3) is 0.158. The second-order valence-electron chi connectivity index (χ2n) is 5.66. The zero-order valence-electron chi connectivity index (χ0n) is 14.1. The number of alkyl halides is 1. The molecule has 0 fully saturated rings. The number of halogens is 1. The van der Waals surface area contributed by atoms with Crippen molar-refractivity contribution in [2.75, 3.05) is 10.8 Å². The van der Waals surface area contributed by atoms with E-state index in [0.29, 0.717) is 11.4 Å². The van der Waals surface area contributed by atoms with E-state index in [1.807, 2.05) is 62.6 Å². The Bertz CT molecular complexity index is 934. The largest absolute Gasteiger partial charge is 0.285 e. The van der Waals surface area contributed by atoms with Crippen molar-refractivity contribution in [1.29, 1.82) is 0 Å². The maximum atomic E-state index is 12.6. The Kier molecular flexibility index (Phi) is 4.95. The van der Waals surface area contributed by atoms with E-state index in [0.717, 1.165) is 16.4 Å². The lowest BCUT2D eigenvalue weighted by atomic mass is 9.73. The Hall–Kier alpha value is -2.53. The lowest BCUT2D eigenvalue weighted by Crippen LogP contribution is -2.27. The third-order valence-corrected chi connectivity index (χ3v) is 4.35. The van der Waals surface area contributed by atoms with Crippen LogP contribution in [0.3, 0.4) is 0 Å². The van der Waals surface area contributed by atoms with Crippen LogP contribution in [0.5, 0.6) is 0 Å². The van der Waals surface area contributed by atoms with Gasteiger partial charge in [-0.15, -0.1) is 11.6 Å². The van der Waals surface area contributed by atoms with Gasteiger partial charge in [-0.2, -0.15) is 0 Å². The summed E-state index contributed by atoms with van der Waals surface area (Å²) < 4.78 is 1.55. The molecular formula is C19H17BClN2O2. The van der Waals surface area contributed by atoms with Crippen molar-refractivity contribution in [3.05, 3.63) is 54.7 Å². The molecule has 125 valence electrons. The molecule has 2 aromatic carbocycles. The van der Waals surface area contributed by atoms with Crippen LogP contribution in [0.25, 0.3) is 10.9 Å². The van der Waals surface area contributed by atoms with Gasteiger partial charge in [0, 0.05) is 24.2 Å². The lowest BCUT2D eigenvalue weighted by molar-refractivity contribution is -0.115. The van der Waals surface area contributed by atoms with Crippen LogP contribution in [0.2, 0.25) is 6.82 Å². The summed E-state index contributed by atoms with van der Waals surface area (Å²) in [4.78, 5) is 26.1. The molecule has 0 N–H and O–H groups in total. The first-order valence-electron chi connectivity index (χ1n) is 7.96. The minimum absolute atomic E-state index is 0.114. The summed E-state index contributed by atoms with van der Waals surface area (Å²) in [6.45, 7) is 3.45. The molecule has 0 atom stereocenters. The van der Waals surface area contributed by atoms with Crippen molar-refractivity contribution < 1.29 is 9.59 Å². The first-order valence-corrected chi connectivity index (χ1v) is 8.49. The predicted octanol–water partition coefficient (Wildman–Crippen LogP) is 3.58. The molecule has 0 aliphatic rings. The fourth-order valence-corrected chi connectivity index (χ4v) is 3.01. The maximum Gasteiger partial charge on any atom is 0.246 e. The zero-order chi connectivity index (χ0) is 18.0. The first kappa shape index (κ1) is 17.3. The van der Waals surface area contributed by atoms with Gasteiger partial charge in [-0.05, 0) is 18.2 Å². The number of anilines is 2. The van der Waals surface area contributed by atoms with Crippen LogP contribution >= 0.6 is 11.6 Å². The summed E-state index contributed by atoms with van der Waals surface area (Å²) in [5.74, 6) is -0.515. The third kappa shape index (κ3) is 3.20. The van der Waals surface area contributed by atoms with Crippen LogP contribution in [0.15, 0.2) is 54.7 Å². The molecule has 0 aliphatic carbocycles. The topological polar surface area (TPSA) is 42.3 Å². The highest BCUT2D eigenvalue weighted by molar-refractivity contribution is 6.51. The highest BCUT2D eigenvalue weighted by Gasteiger charge is 2.22. The first-order chi connectivity index (χ1) is 12.1. The molecule has 6 heteroatoms. The molecule has 0 spiro atoms. The standard InChI is InChI=1S/C19H17BClN2O2/c1-13(24)22-12-18(16-5-3-4-6-17(16)22)23(19(25)11-21)15-9-7-14(20-2)8-10-15/h3-10,12H,11H2,1-2H3. The third-order valence-electron chi connectivity index (χ3n) is 4.12. The van der Waals surface area contributed by atoms with E-state index in [1.54, 1.807) is 15.7 Å². The van der Waals surface area contributed by atoms with Crippen LogP contribution in [0.1, 0.15) is 11.7 Å². The van der Waals surface area contributed by atoms with Gasteiger partial charge >= 0.3 is 0 Å². The molecule has 4 nitrogen and oxygen atoms in total. The van der Waals surface area contributed by atoms with Gasteiger partial charge in [0.15, 0.2) is 0 Å². The fourth-order valence-electron chi connectivity index (χ4n) is 2.89. The highest BCUT2D eigenvalue weighted by Crippen LogP contribution is 2.34. The second kappa shape index (κ2) is 7.15. The monoisotopic (exact) mass is 351 g/mol. The van der Waals surface area contributed by atoms with E-state index in [1.165, 1.54) is 6.92 Å². The van der Waals surface area contributed by atoms with Gasteiger partial charge in [0.1, 0.15) is 13.2 Å². The molecule has 3 rings (SSSR count). The molecule has 0 saturated carbocycles. The predicted molar refractivity (Wildman–Crippen MR) is 104 cm³/mol. The van der Waals surface area contributed by atoms with E-state index in [2.05, 4.69) is 0 Å². The Morgan fingerprint density at radius 2 is 1.80 bits per heavy atom. The molecule has 25 heavy (non-hydrogen) atoms. The Labute approximate surface area is 152 Å². The van der Waals surface area contributed by atoms with Crippen molar-refractivity contribution >= 4 is 58.4 Å². The van der Waals surface area contributed by atoms with Gasteiger partial charge in [0.2, 0.25) is 11.8 Å². The summed E-state index contributed by atoms with van der Waals surface area (Å²) in [6, 6.07) is 15.1. The summed E-state index contributed by atoms with van der Waals surface area (Å²) in [5, 5.41) is 0.822. The SMILES string of the molecule is C[B]c1ccc(N(C(=O)CCl)c2cn(C(C)=O)c3ccccc23)cc1. The van der Waals surface area contributed by atoms with Gasteiger partial charge in [-0.1, -0.05) is 42.6 Å². The molecule has 1 amide bonds. The number of aromatic nitrogens is 1. The Morgan fingerprint density at radius 1 is 1.12 bits per heavy atom. The molecule has 1 aromatic heterocycles. The molecule has 0 unspecified atom stereocenters. The number of rotatable bonds is 4. The van der Waals surface area contributed by atoms with Crippen LogP contribution in [-0.4, -0.2) is 29.5 Å². The number of nitrogens with zero attached hydrogens (tertiary/aromatic N) is 2. The van der Waals surface area contributed by atoms with Crippen molar-refractivity contribution in [1.82, 2.24) is 4.57 Å². The van der Waals surface area contributed by atoms with Crippen LogP contribution in [0.4, 0.5) is 11.4 Å². The average Bonchev–Trinajstić information content (AvgIpc) is 3.02. The van der Waals surface area contributed by atoms with Crippen molar-refractivity contribution in [2.45, 2.75) is 13.7 Å². The quantitative estimate of drug-likeness (QED) is 0.532. The van der Waals surface area contributed by atoms with Crippen molar-refractivity contribution in [3.63, 3.8) is 0 Å². The van der Waals surface area contributed by atoms with E-state index in [-0.39, 0.29) is 17.7 Å². The Balaban J connectivity index is 2.21. The normalized spacial score (nSPS) is 10.7. The number of para-hydroxylation sites is 1. The number of carbonyl (C=O) groups is 2. The summed E-state index contributed by atoms with van der Waals surface area (Å²) >= 11 is 5.85. The molecule has 0 aliphatic heterocycles. The molecule has 0 bridgehead atoms. The van der Waals surface area contributed by atoms with Gasteiger partial charge in [-0.25, -0.2) is 0 Å². The summed E-state index contributed by atoms with van der Waals surface area (Å²) in [5.41, 5.74) is 3.18. The Morgan fingerprint density at radius 3 is 2.40 bits per heavy atom. The minimum atomic E-state index is -0.249. The number of amides is 1. The van der Waals surface area contributed by atoms with Crippen molar-refractivity contribution in [2.24, 2.45) is 0 Å². The zero-order valence-corrected chi connectivity index (χ0v) is 14.8. The van der Waals surface area contributed by atoms with E-state index < -0.39 is 0 Å². The van der Waals surface area contributed by atoms with Gasteiger partial charge in [0.25, 0.3) is 0 Å². The summed E-state index contributed by atoms with van der Waals surface area (Å²) in [7, 11) is 1.99. The number of hydrogen-bond donors (Lipinski definition) is 0. The van der Waals surface area contributed by atoms with Crippen LogP contribution in [-0.2, 0) is 4.79 Å². The van der Waals surface area contributed by atoms with Gasteiger partial charge in [-0.3, -0.25) is 19.1 Å². The number of fused-ring (bicyclic) bond motifs is 1. The smallest absolute Gasteiger partial charge is 0.246 e. The average molecular weight is 352 g/mol. The van der Waals surface area contributed by atoms with E-state index in [4.69, 9.17) is 11.6 Å². The van der Waals surface area contributed by atoms with Crippen LogP contribution < -0.4 is 10.4 Å². The number of benzene rings is 2. The molecule has 3 aromatic rings. The highest BCUT2D eigenvalue weighted by atomic mass is 35.5. The maximum absolute atomic E-state index is 12.6. The minimum Gasteiger partial charge on any atom is -0.285 e. The van der Waals surface area contributed by atoms with E-state index >= 15 is 0 Å². The van der Waals surface area contributed by atoms with E-state index in [9.17, 15) is 9.59 Å². The molecule has 1 radical (unpaired) electrons. The molecular weight excluding hydrogens is 334 g/mol. The van der Waals surface area contributed by atoms with Crippen LogP contribution in [0, 0.1) is 0 Å². The molecule has 0 saturated heterocycles. The summed E-state index contributed by atoms with van der Waals surface area (Å²) in [6.07, 6.45) is 1.69. The van der Waals surface area contributed by atoms with Gasteiger partial charge in [0.05, 0.1) is 11.2 Å². The number of carbonyl (C=O) groups excluding carboxylic acids is 2. The number of hydrogen-bond acceptors (Lipinski definition) is 2.